The summed E-state index contributed by atoms with van der Waals surface area (Å²) in [7, 11) is 0. The fourth-order valence-corrected chi connectivity index (χ4v) is 3.19. The number of benzene rings is 2. The number of nitrogens with one attached hydrogen (secondary N) is 2. The highest BCUT2D eigenvalue weighted by Crippen LogP contribution is 2.30. The van der Waals surface area contributed by atoms with Gasteiger partial charge in [-0.2, -0.15) is 5.10 Å². The second-order valence-corrected chi connectivity index (χ2v) is 6.30. The molecule has 1 aliphatic heterocycles. The maximum absolute atomic E-state index is 12.6. The monoisotopic (exact) mass is 334 g/mol. The van der Waals surface area contributed by atoms with E-state index >= 15 is 0 Å². The summed E-state index contributed by atoms with van der Waals surface area (Å²) in [6, 6.07) is 15.3. The van der Waals surface area contributed by atoms with Crippen molar-refractivity contribution in [3.8, 4) is 0 Å². The van der Waals surface area contributed by atoms with Gasteiger partial charge in [0.15, 0.2) is 5.82 Å². The molecular weight excluding hydrogens is 316 g/mol. The molecule has 1 atom stereocenters. The molecule has 25 heavy (non-hydrogen) atoms. The number of nitrogens with zero attached hydrogens (tertiary/aromatic N) is 2. The number of H-pyrrole nitrogens is 1. The highest BCUT2D eigenvalue weighted by Gasteiger charge is 2.36. The number of rotatable bonds is 3. The van der Waals surface area contributed by atoms with Crippen molar-refractivity contribution in [2.45, 2.75) is 13.3 Å². The summed E-state index contributed by atoms with van der Waals surface area (Å²) in [5, 5.41) is 11.0. The molecule has 1 fully saturated rings. The zero-order valence-electron chi connectivity index (χ0n) is 13.8. The van der Waals surface area contributed by atoms with Gasteiger partial charge >= 0.3 is 0 Å². The first-order valence-electron chi connectivity index (χ1n) is 8.23. The Bertz CT molecular complexity index is 963. The van der Waals surface area contributed by atoms with E-state index in [0.717, 1.165) is 22.2 Å². The third-order valence-electron chi connectivity index (χ3n) is 4.60. The number of carbonyl (C=O) groups excluding carboxylic acids is 2. The van der Waals surface area contributed by atoms with E-state index in [4.69, 9.17) is 0 Å². The Morgan fingerprint density at radius 1 is 1.20 bits per heavy atom. The molecule has 1 aliphatic rings. The van der Waals surface area contributed by atoms with Gasteiger partial charge in [0.2, 0.25) is 11.8 Å². The van der Waals surface area contributed by atoms with Gasteiger partial charge in [-0.05, 0) is 30.7 Å². The van der Waals surface area contributed by atoms with Crippen molar-refractivity contribution in [1.82, 2.24) is 10.2 Å². The molecular formula is C19H18N4O2. The van der Waals surface area contributed by atoms with Crippen molar-refractivity contribution in [3.05, 3.63) is 54.1 Å². The molecule has 2 amide bonds. The minimum Gasteiger partial charge on any atom is -0.326 e. The van der Waals surface area contributed by atoms with Crippen LogP contribution in [0.5, 0.6) is 0 Å². The number of anilines is 2. The molecule has 2 N–H and O–H groups in total. The van der Waals surface area contributed by atoms with Gasteiger partial charge in [-0.3, -0.25) is 19.6 Å². The van der Waals surface area contributed by atoms with Gasteiger partial charge in [0.05, 0.1) is 11.4 Å². The molecule has 1 aromatic heterocycles. The first-order chi connectivity index (χ1) is 12.1. The molecule has 3 aromatic rings. The smallest absolute Gasteiger partial charge is 0.229 e. The summed E-state index contributed by atoms with van der Waals surface area (Å²) in [5.74, 6) is -0.0125. The van der Waals surface area contributed by atoms with Crippen LogP contribution in [0.1, 0.15) is 12.0 Å². The van der Waals surface area contributed by atoms with Crippen molar-refractivity contribution in [2.75, 3.05) is 16.8 Å². The van der Waals surface area contributed by atoms with Crippen LogP contribution in [0.15, 0.2) is 48.5 Å². The molecule has 6 heteroatoms. The fourth-order valence-electron chi connectivity index (χ4n) is 3.19. The maximum Gasteiger partial charge on any atom is 0.229 e. The lowest BCUT2D eigenvalue weighted by molar-refractivity contribution is -0.122. The summed E-state index contributed by atoms with van der Waals surface area (Å²) < 4.78 is 0. The number of aromatic amines is 1. The molecule has 0 bridgehead atoms. The molecule has 2 aromatic carbocycles. The molecule has 0 unspecified atom stereocenters. The third-order valence-corrected chi connectivity index (χ3v) is 4.60. The number of hydrogen-bond acceptors (Lipinski definition) is 3. The van der Waals surface area contributed by atoms with Crippen molar-refractivity contribution >= 4 is 34.2 Å². The van der Waals surface area contributed by atoms with Gasteiger partial charge in [0, 0.05) is 24.0 Å². The van der Waals surface area contributed by atoms with Crippen LogP contribution in [0.3, 0.4) is 0 Å². The number of aryl methyl sites for hydroxylation is 1. The average Bonchev–Trinajstić information content (AvgIpc) is 3.20. The van der Waals surface area contributed by atoms with Gasteiger partial charge < -0.3 is 5.32 Å². The Kier molecular flexibility index (Phi) is 3.72. The van der Waals surface area contributed by atoms with Crippen LogP contribution in [-0.4, -0.2) is 28.6 Å². The highest BCUT2D eigenvalue weighted by molar-refractivity contribution is 6.07. The molecule has 0 saturated carbocycles. The molecule has 0 spiro atoms. The lowest BCUT2D eigenvalue weighted by atomic mass is 10.1. The van der Waals surface area contributed by atoms with E-state index in [1.165, 1.54) is 0 Å². The molecule has 0 radical (unpaired) electrons. The maximum atomic E-state index is 12.6. The summed E-state index contributed by atoms with van der Waals surface area (Å²) in [4.78, 5) is 26.6. The summed E-state index contributed by atoms with van der Waals surface area (Å²) in [6.45, 7) is 2.28. The average molecular weight is 334 g/mol. The van der Waals surface area contributed by atoms with Gasteiger partial charge in [0.1, 0.15) is 0 Å². The Balaban J connectivity index is 1.54. The SMILES string of the molecule is Cc1ccccc1NC(=O)[C@H]1CC(=O)N(c2n[nH]c3ccccc23)C1. The number of carbonyl (C=O) groups is 2. The van der Waals surface area contributed by atoms with E-state index in [1.807, 2.05) is 55.5 Å². The summed E-state index contributed by atoms with van der Waals surface area (Å²) in [5.41, 5.74) is 2.65. The van der Waals surface area contributed by atoms with Gasteiger partial charge in [-0.25, -0.2) is 0 Å². The second-order valence-electron chi connectivity index (χ2n) is 6.30. The first-order valence-corrected chi connectivity index (χ1v) is 8.23. The lowest BCUT2D eigenvalue weighted by Crippen LogP contribution is -2.28. The van der Waals surface area contributed by atoms with Crippen LogP contribution < -0.4 is 10.2 Å². The summed E-state index contributed by atoms with van der Waals surface area (Å²) >= 11 is 0. The Hall–Kier alpha value is -3.15. The van der Waals surface area contributed by atoms with Crippen LogP contribution in [0, 0.1) is 12.8 Å². The highest BCUT2D eigenvalue weighted by atomic mass is 16.2. The zero-order valence-corrected chi connectivity index (χ0v) is 13.8. The number of hydrogen-bond donors (Lipinski definition) is 2. The van der Waals surface area contributed by atoms with Crippen LogP contribution in [0.25, 0.3) is 10.9 Å². The fraction of sp³-hybridized carbons (Fsp3) is 0.211. The van der Waals surface area contributed by atoms with E-state index in [2.05, 4.69) is 15.5 Å². The van der Waals surface area contributed by atoms with Crippen LogP contribution in [0.4, 0.5) is 11.5 Å². The summed E-state index contributed by atoms with van der Waals surface area (Å²) in [6.07, 6.45) is 0.193. The van der Waals surface area contributed by atoms with E-state index in [-0.39, 0.29) is 24.2 Å². The van der Waals surface area contributed by atoms with Crippen LogP contribution in [0.2, 0.25) is 0 Å². The van der Waals surface area contributed by atoms with Crippen molar-refractivity contribution in [1.29, 1.82) is 0 Å². The van der Waals surface area contributed by atoms with E-state index in [0.29, 0.717) is 12.4 Å². The number of amides is 2. The molecule has 0 aliphatic carbocycles. The zero-order chi connectivity index (χ0) is 17.4. The van der Waals surface area contributed by atoms with Crippen LogP contribution >= 0.6 is 0 Å². The van der Waals surface area contributed by atoms with Crippen molar-refractivity contribution in [2.24, 2.45) is 5.92 Å². The normalized spacial score (nSPS) is 17.2. The minimum atomic E-state index is -0.387. The predicted octanol–water partition coefficient (Wildman–Crippen LogP) is 2.86. The first kappa shape index (κ1) is 15.4. The number of para-hydroxylation sites is 2. The third kappa shape index (κ3) is 2.76. The van der Waals surface area contributed by atoms with Gasteiger partial charge in [-0.15, -0.1) is 0 Å². The molecule has 2 heterocycles. The predicted molar refractivity (Wildman–Crippen MR) is 96.4 cm³/mol. The van der Waals surface area contributed by atoms with Crippen LogP contribution in [-0.2, 0) is 9.59 Å². The number of fused-ring (bicyclic) bond motifs is 1. The molecule has 1 saturated heterocycles. The molecule has 6 nitrogen and oxygen atoms in total. The van der Waals surface area contributed by atoms with Crippen molar-refractivity contribution in [3.63, 3.8) is 0 Å². The quantitative estimate of drug-likeness (QED) is 0.773. The van der Waals surface area contributed by atoms with E-state index < -0.39 is 0 Å². The van der Waals surface area contributed by atoms with E-state index in [1.54, 1.807) is 4.90 Å². The Labute approximate surface area is 144 Å². The number of aromatic nitrogens is 2. The topological polar surface area (TPSA) is 78.1 Å². The second kappa shape index (κ2) is 6.05. The van der Waals surface area contributed by atoms with Crippen molar-refractivity contribution < 1.29 is 9.59 Å². The standard InChI is InChI=1S/C19H18N4O2/c1-12-6-2-4-8-15(12)20-19(25)13-10-17(24)23(11-13)18-14-7-3-5-9-16(14)21-22-18/h2-9,13H,10-11H2,1H3,(H,20,25)(H,21,22)/t13-/m0/s1. The lowest BCUT2D eigenvalue weighted by Gasteiger charge is -2.15. The minimum absolute atomic E-state index is 0.0813. The van der Waals surface area contributed by atoms with Gasteiger partial charge in [-0.1, -0.05) is 30.3 Å². The Morgan fingerprint density at radius 2 is 1.96 bits per heavy atom. The largest absolute Gasteiger partial charge is 0.326 e. The van der Waals surface area contributed by atoms with E-state index in [9.17, 15) is 9.59 Å². The molecule has 126 valence electrons. The Morgan fingerprint density at radius 3 is 2.80 bits per heavy atom. The molecule has 4 rings (SSSR count). The van der Waals surface area contributed by atoms with Gasteiger partial charge in [0.25, 0.3) is 0 Å².